The molecule has 0 spiro atoms. The fourth-order valence-electron chi connectivity index (χ4n) is 5.50. The summed E-state index contributed by atoms with van der Waals surface area (Å²) in [5, 5.41) is 11.0. The van der Waals surface area contributed by atoms with Gasteiger partial charge in [0.2, 0.25) is 0 Å². The van der Waals surface area contributed by atoms with E-state index in [0.717, 1.165) is 35.3 Å². The number of hydrogen-bond donors (Lipinski definition) is 1. The average molecular weight is 533 g/mol. The Balaban J connectivity index is 1.83. The summed E-state index contributed by atoms with van der Waals surface area (Å²) in [5.41, 5.74) is 3.77. The third kappa shape index (κ3) is 4.96. The van der Waals surface area contributed by atoms with Gasteiger partial charge in [-0.3, -0.25) is 4.79 Å². The molecule has 1 unspecified atom stereocenters. The lowest BCUT2D eigenvalue weighted by Crippen LogP contribution is -2.33. The lowest BCUT2D eigenvalue weighted by molar-refractivity contribution is -0.161. The maximum absolute atomic E-state index is 13.9. The van der Waals surface area contributed by atoms with Crippen LogP contribution in [-0.2, 0) is 29.5 Å². The molecule has 39 heavy (non-hydrogen) atoms. The van der Waals surface area contributed by atoms with E-state index in [2.05, 4.69) is 0 Å². The van der Waals surface area contributed by atoms with E-state index in [0.29, 0.717) is 28.6 Å². The minimum atomic E-state index is -1.39. The van der Waals surface area contributed by atoms with E-state index < -0.39 is 17.7 Å². The number of carboxylic acids is 1. The van der Waals surface area contributed by atoms with Gasteiger partial charge in [-0.2, -0.15) is 0 Å². The van der Waals surface area contributed by atoms with E-state index in [4.69, 9.17) is 9.47 Å². The zero-order valence-electron chi connectivity index (χ0n) is 22.9. The van der Waals surface area contributed by atoms with Crippen molar-refractivity contribution in [2.45, 2.75) is 58.8 Å². The largest absolute Gasteiger partial charge is 0.493 e. The van der Waals surface area contributed by atoms with Gasteiger partial charge in [0.15, 0.2) is 6.10 Å². The van der Waals surface area contributed by atoms with Gasteiger partial charge in [0.1, 0.15) is 17.1 Å². The molecular weight excluding hydrogens is 499 g/mol. The molecule has 0 amide bonds. The lowest BCUT2D eigenvalue weighted by Gasteiger charge is -2.29. The lowest BCUT2D eigenvalue weighted by atomic mass is 9.89. The number of benzene rings is 2. The molecule has 1 aliphatic heterocycles. The molecule has 0 saturated carbocycles. The summed E-state index contributed by atoms with van der Waals surface area (Å²) in [5.74, 6) is -0.705. The first kappa shape index (κ1) is 26.7. The molecule has 0 aliphatic carbocycles. The summed E-state index contributed by atoms with van der Waals surface area (Å²) >= 11 is 0. The monoisotopic (exact) mass is 532 g/mol. The Morgan fingerprint density at radius 3 is 2.67 bits per heavy atom. The Hall–Kier alpha value is -3.91. The third-order valence-electron chi connectivity index (χ3n) is 7.20. The standard InChI is InChI=1S/C31H33FN2O5/c1-18-21-10-7-15-38-24(21)12-11-22(18)25-23-13-14-34(17-19-8-6-9-20(32)16-19)26(23)29(35)33(5)27(25)28(30(36)37)39-31(2,3)4/h6,8-9,11-14,16,28H,7,10,15,17H2,1-5H3,(H,36,37). The van der Waals surface area contributed by atoms with E-state index in [1.807, 2.05) is 25.1 Å². The first-order chi connectivity index (χ1) is 18.5. The number of halogens is 1. The summed E-state index contributed by atoms with van der Waals surface area (Å²) in [6.07, 6.45) is 2.14. The van der Waals surface area contributed by atoms with Crippen LogP contribution in [0.5, 0.6) is 5.75 Å². The second-order valence-corrected chi connectivity index (χ2v) is 11.1. The fourth-order valence-corrected chi connectivity index (χ4v) is 5.50. The van der Waals surface area contributed by atoms with Crippen LogP contribution in [0.4, 0.5) is 4.39 Å². The Bertz CT molecular complexity index is 1640. The number of carboxylic acid groups (broad SMARTS) is 1. The van der Waals surface area contributed by atoms with Crippen molar-refractivity contribution < 1.29 is 23.8 Å². The highest BCUT2D eigenvalue weighted by Gasteiger charge is 2.34. The minimum Gasteiger partial charge on any atom is -0.493 e. The predicted molar refractivity (Wildman–Crippen MR) is 148 cm³/mol. The van der Waals surface area contributed by atoms with Gasteiger partial charge < -0.3 is 23.7 Å². The van der Waals surface area contributed by atoms with Gasteiger partial charge in [-0.25, -0.2) is 9.18 Å². The normalized spacial score (nSPS) is 14.2. The van der Waals surface area contributed by atoms with Crippen LogP contribution in [0.2, 0.25) is 0 Å². The molecule has 2 aromatic carbocycles. The van der Waals surface area contributed by atoms with Crippen LogP contribution in [0, 0.1) is 12.7 Å². The first-order valence-electron chi connectivity index (χ1n) is 13.1. The second-order valence-electron chi connectivity index (χ2n) is 11.1. The topological polar surface area (TPSA) is 82.7 Å². The van der Waals surface area contributed by atoms with E-state index in [-0.39, 0.29) is 23.6 Å². The minimum absolute atomic E-state index is 0.276. The van der Waals surface area contributed by atoms with Crippen molar-refractivity contribution in [3.8, 4) is 16.9 Å². The number of aromatic nitrogens is 2. The molecule has 3 heterocycles. The zero-order valence-corrected chi connectivity index (χ0v) is 22.9. The van der Waals surface area contributed by atoms with E-state index in [1.165, 1.54) is 16.7 Å². The van der Waals surface area contributed by atoms with Crippen LogP contribution in [-0.4, -0.2) is 32.4 Å². The van der Waals surface area contributed by atoms with Crippen molar-refractivity contribution in [3.63, 3.8) is 0 Å². The van der Waals surface area contributed by atoms with E-state index >= 15 is 0 Å². The first-order valence-corrected chi connectivity index (χ1v) is 13.1. The molecule has 4 aromatic rings. The van der Waals surface area contributed by atoms with Crippen LogP contribution < -0.4 is 10.3 Å². The average Bonchev–Trinajstić information content (AvgIpc) is 3.28. The number of hydrogen-bond acceptors (Lipinski definition) is 4. The number of pyridine rings is 1. The molecule has 7 nitrogen and oxygen atoms in total. The molecule has 0 saturated heterocycles. The van der Waals surface area contributed by atoms with Crippen molar-refractivity contribution in [1.29, 1.82) is 0 Å². The molecule has 1 atom stereocenters. The van der Waals surface area contributed by atoms with Gasteiger partial charge in [-0.15, -0.1) is 0 Å². The van der Waals surface area contributed by atoms with Crippen LogP contribution >= 0.6 is 0 Å². The molecule has 1 aliphatic rings. The quantitative estimate of drug-likeness (QED) is 0.341. The molecule has 204 valence electrons. The number of aliphatic carboxylic acids is 1. The summed E-state index contributed by atoms with van der Waals surface area (Å²) in [6, 6.07) is 11.9. The molecular formula is C31H33FN2O5. The third-order valence-corrected chi connectivity index (χ3v) is 7.20. The molecule has 5 rings (SSSR count). The maximum atomic E-state index is 13.9. The van der Waals surface area contributed by atoms with Crippen molar-refractivity contribution in [1.82, 2.24) is 9.13 Å². The molecule has 0 bridgehead atoms. The number of carbonyl (C=O) groups is 1. The van der Waals surface area contributed by atoms with Crippen LogP contribution in [0.15, 0.2) is 53.5 Å². The van der Waals surface area contributed by atoms with Gasteiger partial charge in [0, 0.05) is 30.7 Å². The summed E-state index contributed by atoms with van der Waals surface area (Å²) in [4.78, 5) is 26.5. The van der Waals surface area contributed by atoms with Crippen molar-refractivity contribution in [2.75, 3.05) is 6.61 Å². The SMILES string of the molecule is Cc1c(-c2c(C(OC(C)(C)C)C(=O)O)n(C)c(=O)c3c2ccn3Cc2cccc(F)c2)ccc2c1CCCO2. The summed E-state index contributed by atoms with van der Waals surface area (Å²) in [6.45, 7) is 8.31. The molecule has 8 heteroatoms. The van der Waals surface area contributed by atoms with Crippen LogP contribution in [0.3, 0.4) is 0 Å². The highest BCUT2D eigenvalue weighted by atomic mass is 19.1. The number of ether oxygens (including phenoxy) is 2. The summed E-state index contributed by atoms with van der Waals surface area (Å²) < 4.78 is 29.0. The van der Waals surface area contributed by atoms with Gasteiger partial charge >= 0.3 is 5.97 Å². The number of fused-ring (bicyclic) bond motifs is 2. The number of nitrogens with zero attached hydrogens (tertiary/aromatic N) is 2. The molecule has 2 aromatic heterocycles. The van der Waals surface area contributed by atoms with Crippen LogP contribution in [0.25, 0.3) is 22.0 Å². The van der Waals surface area contributed by atoms with Crippen molar-refractivity contribution in [3.05, 3.63) is 87.2 Å². The van der Waals surface area contributed by atoms with Gasteiger partial charge in [0.25, 0.3) is 5.56 Å². The highest BCUT2D eigenvalue weighted by Crippen LogP contribution is 2.42. The van der Waals surface area contributed by atoms with E-state index in [9.17, 15) is 19.1 Å². The predicted octanol–water partition coefficient (Wildman–Crippen LogP) is 5.77. The van der Waals surface area contributed by atoms with Crippen molar-refractivity contribution >= 4 is 16.9 Å². The Kier molecular flexibility index (Phi) is 6.84. The molecule has 0 fully saturated rings. The highest BCUT2D eigenvalue weighted by molar-refractivity contribution is 5.99. The van der Waals surface area contributed by atoms with Gasteiger partial charge in [-0.1, -0.05) is 18.2 Å². The van der Waals surface area contributed by atoms with Gasteiger partial charge in [0.05, 0.1) is 17.9 Å². The second kappa shape index (κ2) is 10.0. The summed E-state index contributed by atoms with van der Waals surface area (Å²) in [7, 11) is 1.58. The van der Waals surface area contributed by atoms with Crippen molar-refractivity contribution in [2.24, 2.45) is 7.05 Å². The van der Waals surface area contributed by atoms with E-state index in [1.54, 1.807) is 50.7 Å². The Labute approximate surface area is 226 Å². The molecule has 1 N–H and O–H groups in total. The maximum Gasteiger partial charge on any atom is 0.339 e. The molecule has 0 radical (unpaired) electrons. The Morgan fingerprint density at radius 1 is 1.21 bits per heavy atom. The van der Waals surface area contributed by atoms with Crippen LogP contribution in [0.1, 0.15) is 55.7 Å². The smallest absolute Gasteiger partial charge is 0.339 e. The fraction of sp³-hybridized carbons (Fsp3) is 0.355. The number of rotatable bonds is 6. The zero-order chi connectivity index (χ0) is 28.1. The van der Waals surface area contributed by atoms with Gasteiger partial charge in [-0.05, 0) is 87.1 Å². The Morgan fingerprint density at radius 2 is 1.97 bits per heavy atom.